The van der Waals surface area contributed by atoms with E-state index < -0.39 is 23.4 Å². The second-order valence-electron chi connectivity index (χ2n) is 4.36. The highest BCUT2D eigenvalue weighted by Crippen LogP contribution is 2.25. The lowest BCUT2D eigenvalue weighted by molar-refractivity contribution is -0.385. The zero-order chi connectivity index (χ0) is 16.8. The number of nitro groups is 1. The van der Waals surface area contributed by atoms with E-state index in [-0.39, 0.29) is 15.7 Å². The average Bonchev–Trinajstić information content (AvgIpc) is 3.04. The van der Waals surface area contributed by atoms with E-state index >= 15 is 0 Å². The largest absolute Gasteiger partial charge is 0.452 e. The number of nitrogens with one attached hydrogen (secondary N) is 1. The Balaban J connectivity index is 1.88. The Hall–Kier alpha value is -2.26. The summed E-state index contributed by atoms with van der Waals surface area (Å²) in [6, 6.07) is 7.59. The Kier molecular flexibility index (Phi) is 5.83. The predicted molar refractivity (Wildman–Crippen MR) is 87.2 cm³/mol. The molecule has 2 rings (SSSR count). The molecule has 0 unspecified atom stereocenters. The molecule has 0 aliphatic carbocycles. The summed E-state index contributed by atoms with van der Waals surface area (Å²) in [6.45, 7) is -0.0914. The van der Waals surface area contributed by atoms with Crippen LogP contribution in [0.3, 0.4) is 0 Å². The molecule has 0 fully saturated rings. The molecule has 0 bridgehead atoms. The van der Waals surface area contributed by atoms with Gasteiger partial charge in [-0.2, -0.15) is 0 Å². The summed E-state index contributed by atoms with van der Waals surface area (Å²) in [7, 11) is 0. The van der Waals surface area contributed by atoms with Gasteiger partial charge in [0.1, 0.15) is 0 Å². The molecule has 0 atom stereocenters. The van der Waals surface area contributed by atoms with Crippen molar-refractivity contribution < 1.29 is 19.2 Å². The SMILES string of the molecule is O=C(COC(=O)c1ccc(Br)c([N+](=O)[O-])c1)NCc1cccs1. The molecular formula is C14H11BrN2O5S. The lowest BCUT2D eigenvalue weighted by Crippen LogP contribution is -2.28. The third kappa shape index (κ3) is 4.86. The molecule has 1 aromatic heterocycles. The second kappa shape index (κ2) is 7.84. The number of thiophene rings is 1. The van der Waals surface area contributed by atoms with E-state index in [1.54, 1.807) is 0 Å². The molecule has 23 heavy (non-hydrogen) atoms. The predicted octanol–water partition coefficient (Wildman–Crippen LogP) is 2.89. The van der Waals surface area contributed by atoms with Gasteiger partial charge < -0.3 is 10.1 Å². The first-order valence-electron chi connectivity index (χ1n) is 6.37. The van der Waals surface area contributed by atoms with Crippen LogP contribution in [-0.4, -0.2) is 23.4 Å². The van der Waals surface area contributed by atoms with Crippen LogP contribution in [0.25, 0.3) is 0 Å². The second-order valence-corrected chi connectivity index (χ2v) is 6.24. The van der Waals surface area contributed by atoms with E-state index in [4.69, 9.17) is 4.74 Å². The highest BCUT2D eigenvalue weighted by Gasteiger charge is 2.17. The normalized spacial score (nSPS) is 10.1. The Morgan fingerprint density at radius 3 is 2.78 bits per heavy atom. The van der Waals surface area contributed by atoms with Crippen LogP contribution < -0.4 is 5.32 Å². The molecule has 0 saturated heterocycles. The lowest BCUT2D eigenvalue weighted by Gasteiger charge is -2.06. The van der Waals surface area contributed by atoms with Gasteiger partial charge in [-0.3, -0.25) is 14.9 Å². The van der Waals surface area contributed by atoms with E-state index in [1.807, 2.05) is 17.5 Å². The third-order valence-corrected chi connectivity index (χ3v) is 4.30. The molecule has 0 aliphatic heterocycles. The quantitative estimate of drug-likeness (QED) is 0.458. The minimum atomic E-state index is -0.799. The number of rotatable bonds is 6. The first-order valence-corrected chi connectivity index (χ1v) is 8.05. The molecule has 1 aromatic carbocycles. The number of carbonyl (C=O) groups excluding carboxylic acids is 2. The average molecular weight is 399 g/mol. The van der Waals surface area contributed by atoms with E-state index in [0.29, 0.717) is 6.54 Å². The molecular weight excluding hydrogens is 388 g/mol. The fourth-order valence-corrected chi connectivity index (χ4v) is 2.68. The number of carbonyl (C=O) groups is 2. The van der Waals surface area contributed by atoms with Crippen molar-refractivity contribution >= 4 is 44.8 Å². The van der Waals surface area contributed by atoms with Crippen molar-refractivity contribution in [1.29, 1.82) is 0 Å². The summed E-state index contributed by atoms with van der Waals surface area (Å²) in [5, 5.41) is 15.3. The maximum absolute atomic E-state index is 11.8. The van der Waals surface area contributed by atoms with Crippen molar-refractivity contribution in [2.75, 3.05) is 6.61 Å². The van der Waals surface area contributed by atoms with Gasteiger partial charge in [0.05, 0.1) is 21.5 Å². The van der Waals surface area contributed by atoms with Crippen LogP contribution in [-0.2, 0) is 16.1 Å². The minimum absolute atomic E-state index is 0.00552. The molecule has 0 saturated carbocycles. The fraction of sp³-hybridized carbons (Fsp3) is 0.143. The highest BCUT2D eigenvalue weighted by molar-refractivity contribution is 9.10. The number of nitro benzene ring substituents is 1. The molecule has 0 aliphatic rings. The van der Waals surface area contributed by atoms with E-state index in [9.17, 15) is 19.7 Å². The summed E-state index contributed by atoms with van der Waals surface area (Å²) >= 11 is 4.53. The van der Waals surface area contributed by atoms with Gasteiger partial charge in [-0.15, -0.1) is 11.3 Å². The number of amides is 1. The van der Waals surface area contributed by atoms with Crippen LogP contribution in [0.5, 0.6) is 0 Å². The first kappa shape index (κ1) is 17.1. The molecule has 1 heterocycles. The van der Waals surface area contributed by atoms with Crippen LogP contribution in [0.4, 0.5) is 5.69 Å². The number of hydrogen-bond acceptors (Lipinski definition) is 6. The third-order valence-electron chi connectivity index (χ3n) is 2.75. The van der Waals surface area contributed by atoms with Crippen LogP contribution in [0.15, 0.2) is 40.2 Å². The maximum atomic E-state index is 11.8. The first-order chi connectivity index (χ1) is 11.0. The van der Waals surface area contributed by atoms with Gasteiger partial charge in [-0.1, -0.05) is 6.07 Å². The Labute approximate surface area is 143 Å². The summed E-state index contributed by atoms with van der Waals surface area (Å²) in [6.07, 6.45) is 0. The van der Waals surface area contributed by atoms with Crippen molar-refractivity contribution in [2.24, 2.45) is 0 Å². The molecule has 2 aromatic rings. The van der Waals surface area contributed by atoms with Gasteiger partial charge in [0, 0.05) is 10.9 Å². The molecule has 0 radical (unpaired) electrons. The van der Waals surface area contributed by atoms with Gasteiger partial charge in [0.2, 0.25) is 0 Å². The standard InChI is InChI=1S/C14H11BrN2O5S/c15-11-4-3-9(6-12(11)17(20)21)14(19)22-8-13(18)16-7-10-2-1-5-23-10/h1-6H,7-8H2,(H,16,18). The molecule has 9 heteroatoms. The topological polar surface area (TPSA) is 98.5 Å². The van der Waals surface area contributed by atoms with Crippen molar-refractivity contribution in [3.63, 3.8) is 0 Å². The van der Waals surface area contributed by atoms with Crippen LogP contribution in [0.1, 0.15) is 15.2 Å². The van der Waals surface area contributed by atoms with Gasteiger partial charge in [0.15, 0.2) is 6.61 Å². The fourth-order valence-electron chi connectivity index (χ4n) is 1.64. The van der Waals surface area contributed by atoms with Crippen molar-refractivity contribution in [1.82, 2.24) is 5.32 Å². The van der Waals surface area contributed by atoms with Crippen molar-refractivity contribution in [2.45, 2.75) is 6.54 Å². The van der Waals surface area contributed by atoms with E-state index in [0.717, 1.165) is 10.9 Å². The van der Waals surface area contributed by atoms with Crippen molar-refractivity contribution in [3.8, 4) is 0 Å². The van der Waals surface area contributed by atoms with E-state index in [2.05, 4.69) is 21.2 Å². The number of benzene rings is 1. The number of esters is 1. The zero-order valence-corrected chi connectivity index (χ0v) is 14.1. The van der Waals surface area contributed by atoms with Crippen LogP contribution in [0.2, 0.25) is 0 Å². The number of nitrogens with zero attached hydrogens (tertiary/aromatic N) is 1. The van der Waals surface area contributed by atoms with E-state index in [1.165, 1.54) is 23.5 Å². The molecule has 120 valence electrons. The number of halogens is 1. The summed E-state index contributed by atoms with van der Waals surface area (Å²) in [5.41, 5.74) is -0.243. The molecule has 1 amide bonds. The Bertz CT molecular complexity index is 733. The maximum Gasteiger partial charge on any atom is 0.338 e. The Morgan fingerprint density at radius 2 is 2.13 bits per heavy atom. The summed E-state index contributed by atoms with van der Waals surface area (Å²) in [4.78, 5) is 34.6. The highest BCUT2D eigenvalue weighted by atomic mass is 79.9. The smallest absolute Gasteiger partial charge is 0.338 e. The molecule has 7 nitrogen and oxygen atoms in total. The monoisotopic (exact) mass is 398 g/mol. The minimum Gasteiger partial charge on any atom is -0.452 e. The number of ether oxygens (including phenoxy) is 1. The van der Waals surface area contributed by atoms with Gasteiger partial charge >= 0.3 is 5.97 Å². The van der Waals surface area contributed by atoms with Gasteiger partial charge in [-0.25, -0.2) is 4.79 Å². The van der Waals surface area contributed by atoms with Gasteiger partial charge in [0.25, 0.3) is 11.6 Å². The zero-order valence-electron chi connectivity index (χ0n) is 11.7. The van der Waals surface area contributed by atoms with Crippen molar-refractivity contribution in [3.05, 3.63) is 60.7 Å². The van der Waals surface area contributed by atoms with Crippen LogP contribution >= 0.6 is 27.3 Å². The lowest BCUT2D eigenvalue weighted by atomic mass is 10.2. The molecule has 1 N–H and O–H groups in total. The Morgan fingerprint density at radius 1 is 1.35 bits per heavy atom. The van der Waals surface area contributed by atoms with Crippen LogP contribution in [0, 0.1) is 10.1 Å². The summed E-state index contributed by atoms with van der Waals surface area (Å²) < 4.78 is 5.11. The summed E-state index contributed by atoms with van der Waals surface area (Å²) in [5.74, 6) is -1.25. The van der Waals surface area contributed by atoms with Gasteiger partial charge in [-0.05, 0) is 39.5 Å². The number of hydrogen-bond donors (Lipinski definition) is 1. The molecule has 0 spiro atoms.